The Hall–Kier alpha value is -0.810. The number of hydrogen-bond donors (Lipinski definition) is 6. The summed E-state index contributed by atoms with van der Waals surface area (Å²) in [6, 6.07) is 0. The van der Waals surface area contributed by atoms with Crippen LogP contribution in [0.4, 0.5) is 0 Å². The molecule has 30 heavy (non-hydrogen) atoms. The van der Waals surface area contributed by atoms with Crippen LogP contribution in [0.3, 0.4) is 0 Å². The van der Waals surface area contributed by atoms with E-state index in [1.807, 2.05) is 0 Å². The van der Waals surface area contributed by atoms with Gasteiger partial charge in [-0.1, -0.05) is 0 Å². The summed E-state index contributed by atoms with van der Waals surface area (Å²) in [4.78, 5) is 53.3. The van der Waals surface area contributed by atoms with E-state index in [4.69, 9.17) is 41.8 Å². The molecule has 0 radical (unpaired) electrons. The predicted molar refractivity (Wildman–Crippen MR) is 99.4 cm³/mol. The topological polar surface area (TPSA) is 248 Å². The van der Waals surface area contributed by atoms with Gasteiger partial charge in [0.05, 0.1) is 26.2 Å². The molecular formula is C14H28N4Na2O10. The van der Waals surface area contributed by atoms with E-state index < -0.39 is 56.0 Å². The molecular weight excluding hydrogens is 430 g/mol. The number of carboxylic acids is 5. The van der Waals surface area contributed by atoms with Crippen LogP contribution >= 0.6 is 0 Å². The van der Waals surface area contributed by atoms with Crippen LogP contribution in [0.5, 0.6) is 0 Å². The van der Waals surface area contributed by atoms with Gasteiger partial charge in [-0.3, -0.25) is 29.0 Å². The summed E-state index contributed by atoms with van der Waals surface area (Å²) in [5.41, 5.74) is 9.81. The molecule has 0 heterocycles. The molecule has 0 bridgehead atoms. The summed E-state index contributed by atoms with van der Waals surface area (Å²) >= 11 is 0. The number of hydrogen-bond acceptors (Lipinski definition) is 10. The Morgan fingerprint density at radius 1 is 0.700 bits per heavy atom. The first-order chi connectivity index (χ1) is 12.8. The SMILES string of the molecule is CC(=O)[O-].NCCN.O=C(O)CN(CCN(CC(=O)O)CC(=O)O)CC(=O)O.[Na+].[NaH]. The van der Waals surface area contributed by atoms with Gasteiger partial charge < -0.3 is 41.8 Å². The Labute approximate surface area is 217 Å². The maximum absolute atomic E-state index is 10.6. The summed E-state index contributed by atoms with van der Waals surface area (Å²) in [6.45, 7) is -0.0839. The van der Waals surface area contributed by atoms with E-state index in [9.17, 15) is 19.2 Å². The fourth-order valence-electron chi connectivity index (χ4n) is 1.48. The number of nitrogens with zero attached hydrogens (tertiary/aromatic N) is 2. The molecule has 0 aliphatic carbocycles. The molecule has 16 heteroatoms. The van der Waals surface area contributed by atoms with E-state index in [2.05, 4.69) is 0 Å². The quantitative estimate of drug-likeness (QED) is 0.149. The zero-order chi connectivity index (χ0) is 22.7. The number of nitrogens with two attached hydrogens (primary N) is 2. The van der Waals surface area contributed by atoms with E-state index >= 15 is 0 Å². The third-order valence-electron chi connectivity index (χ3n) is 2.33. The van der Waals surface area contributed by atoms with E-state index in [0.29, 0.717) is 13.1 Å². The summed E-state index contributed by atoms with van der Waals surface area (Å²) in [7, 11) is 0. The summed E-state index contributed by atoms with van der Waals surface area (Å²) in [5.74, 6) is -5.99. The minimum absolute atomic E-state index is 0. The summed E-state index contributed by atoms with van der Waals surface area (Å²) < 4.78 is 0. The molecule has 0 saturated carbocycles. The van der Waals surface area contributed by atoms with Crippen LogP contribution in [-0.4, -0.2) is 142 Å². The van der Waals surface area contributed by atoms with Crippen molar-refractivity contribution in [2.45, 2.75) is 6.92 Å². The molecule has 0 aliphatic heterocycles. The Morgan fingerprint density at radius 3 is 0.967 bits per heavy atom. The molecule has 0 amide bonds. The van der Waals surface area contributed by atoms with Gasteiger partial charge in [-0.2, -0.15) is 0 Å². The van der Waals surface area contributed by atoms with E-state index in [-0.39, 0.29) is 72.2 Å². The van der Waals surface area contributed by atoms with Gasteiger partial charge in [-0.15, -0.1) is 0 Å². The minimum atomic E-state index is -1.23. The Bertz CT molecular complexity index is 437. The predicted octanol–water partition coefficient (Wildman–Crippen LogP) is -8.06. The molecule has 14 nitrogen and oxygen atoms in total. The number of carbonyl (C=O) groups excluding carboxylic acids is 1. The number of aliphatic carboxylic acids is 5. The zero-order valence-corrected chi connectivity index (χ0v) is 18.4. The first kappa shape index (κ1) is 39.6. The van der Waals surface area contributed by atoms with Gasteiger partial charge >= 0.3 is 83.0 Å². The molecule has 0 aliphatic rings. The van der Waals surface area contributed by atoms with Gasteiger partial charge in [0.1, 0.15) is 0 Å². The van der Waals surface area contributed by atoms with Crippen molar-refractivity contribution in [3.8, 4) is 0 Å². The third kappa shape index (κ3) is 41.5. The van der Waals surface area contributed by atoms with Gasteiger partial charge in [-0.05, 0) is 6.92 Å². The van der Waals surface area contributed by atoms with Crippen LogP contribution in [-0.2, 0) is 24.0 Å². The van der Waals surface area contributed by atoms with Gasteiger partial charge in [0.25, 0.3) is 0 Å². The van der Waals surface area contributed by atoms with Crippen LogP contribution in [0.1, 0.15) is 6.92 Å². The molecule has 0 atom stereocenters. The number of carboxylic acid groups (broad SMARTS) is 5. The van der Waals surface area contributed by atoms with Crippen LogP contribution < -0.4 is 46.1 Å². The van der Waals surface area contributed by atoms with Crippen LogP contribution in [0.25, 0.3) is 0 Å². The normalized spacial score (nSPS) is 8.97. The van der Waals surface area contributed by atoms with E-state index in [0.717, 1.165) is 16.7 Å². The van der Waals surface area contributed by atoms with Crippen LogP contribution in [0, 0.1) is 0 Å². The average Bonchev–Trinajstić information content (AvgIpc) is 2.50. The van der Waals surface area contributed by atoms with Crippen molar-refractivity contribution >= 4 is 59.4 Å². The second-order valence-electron chi connectivity index (χ2n) is 5.07. The van der Waals surface area contributed by atoms with E-state index in [1.165, 1.54) is 0 Å². The van der Waals surface area contributed by atoms with Crippen molar-refractivity contribution in [1.29, 1.82) is 0 Å². The molecule has 0 aromatic rings. The van der Waals surface area contributed by atoms with Crippen molar-refractivity contribution in [2.75, 3.05) is 52.4 Å². The third-order valence-corrected chi connectivity index (χ3v) is 2.33. The summed E-state index contributed by atoms with van der Waals surface area (Å²) in [6.07, 6.45) is 0. The Morgan fingerprint density at radius 2 is 0.867 bits per heavy atom. The fourth-order valence-corrected chi connectivity index (χ4v) is 1.48. The standard InChI is InChI=1S/C10H16N2O8.C2H8N2.C2H4O2.2Na.H/c13-7(14)3-11(4-8(15)16)1-2-12(5-9(17)18)6-10(19)20;3-1-2-4;1-2(3)4;;;/h1-6H2,(H,13,14)(H,15,16)(H,17,18)(H,19,20);1-4H2;1H3,(H,3,4);;;/q;;;;+1;/p-1. The second-order valence-corrected chi connectivity index (χ2v) is 5.07. The maximum atomic E-state index is 10.6. The molecule has 0 aromatic heterocycles. The van der Waals surface area contributed by atoms with Crippen molar-refractivity contribution in [3.05, 3.63) is 0 Å². The average molecular weight is 458 g/mol. The van der Waals surface area contributed by atoms with Crippen molar-refractivity contribution in [2.24, 2.45) is 11.5 Å². The molecule has 0 rings (SSSR count). The van der Waals surface area contributed by atoms with Crippen molar-refractivity contribution in [3.63, 3.8) is 0 Å². The molecule has 0 fully saturated rings. The monoisotopic (exact) mass is 458 g/mol. The Balaban J connectivity index is -0.000000178. The first-order valence-electron chi connectivity index (χ1n) is 7.75. The van der Waals surface area contributed by atoms with Crippen LogP contribution in [0.15, 0.2) is 0 Å². The van der Waals surface area contributed by atoms with Crippen molar-refractivity contribution < 1.29 is 79.1 Å². The van der Waals surface area contributed by atoms with Gasteiger partial charge in [0.2, 0.25) is 0 Å². The zero-order valence-electron chi connectivity index (χ0n) is 16.4. The number of carbonyl (C=O) groups is 5. The first-order valence-corrected chi connectivity index (χ1v) is 7.75. The molecule has 0 unspecified atom stereocenters. The molecule has 0 saturated heterocycles. The van der Waals surface area contributed by atoms with Crippen LogP contribution in [0.2, 0.25) is 0 Å². The van der Waals surface area contributed by atoms with Gasteiger partial charge in [-0.25, -0.2) is 0 Å². The van der Waals surface area contributed by atoms with Gasteiger partial charge in [0, 0.05) is 32.1 Å². The van der Waals surface area contributed by atoms with E-state index in [1.54, 1.807) is 0 Å². The molecule has 166 valence electrons. The molecule has 0 spiro atoms. The summed E-state index contributed by atoms with van der Waals surface area (Å²) in [5, 5.41) is 43.4. The van der Waals surface area contributed by atoms with Crippen molar-refractivity contribution in [1.82, 2.24) is 9.80 Å². The van der Waals surface area contributed by atoms with Gasteiger partial charge in [0.15, 0.2) is 0 Å². The molecule has 8 N–H and O–H groups in total. The Kier molecular flexibility index (Phi) is 34.7. The molecule has 0 aromatic carbocycles. The number of rotatable bonds is 12. The fraction of sp³-hybridized carbons (Fsp3) is 0.643. The second kappa shape index (κ2) is 26.2.